The molecule has 2 nitrogen and oxygen atoms in total. The maximum absolute atomic E-state index is 11.6. The van der Waals surface area contributed by atoms with E-state index in [4.69, 9.17) is 34.8 Å². The van der Waals surface area contributed by atoms with Gasteiger partial charge >= 0.3 is 0 Å². The molecule has 1 rings (SSSR count). The number of hydrogen-bond acceptors (Lipinski definition) is 2. The Morgan fingerprint density at radius 1 is 1.37 bits per heavy atom. The quantitative estimate of drug-likeness (QED) is 0.727. The molecule has 0 saturated carbocycles. The average Bonchev–Trinajstić information content (AvgIpc) is 2.34. The van der Waals surface area contributed by atoms with Crippen molar-refractivity contribution in [2.24, 2.45) is 0 Å². The van der Waals surface area contributed by atoms with Gasteiger partial charge in [-0.2, -0.15) is 0 Å². The summed E-state index contributed by atoms with van der Waals surface area (Å²) in [5, 5.41) is 11.7. The fourth-order valence-corrected chi connectivity index (χ4v) is 3.34. The monoisotopic (exact) mass is 385 g/mol. The van der Waals surface area contributed by atoms with Gasteiger partial charge in [0.2, 0.25) is 0 Å². The van der Waals surface area contributed by atoms with Crippen molar-refractivity contribution >= 4 is 56.7 Å². The summed E-state index contributed by atoms with van der Waals surface area (Å²) in [7, 11) is 0. The second-order valence-electron chi connectivity index (χ2n) is 4.35. The maximum atomic E-state index is 11.6. The van der Waals surface area contributed by atoms with Crippen LogP contribution in [0.3, 0.4) is 0 Å². The second-order valence-corrected chi connectivity index (χ2v) is 7.43. The summed E-state index contributed by atoms with van der Waals surface area (Å²) in [5.74, 6) is -1.26. The zero-order valence-electron chi connectivity index (χ0n) is 10.3. The normalized spacial score (nSPS) is 15.0. The smallest absolute Gasteiger partial charge is 0.191 e. The summed E-state index contributed by atoms with van der Waals surface area (Å²) < 4.78 is -1.67. The molecule has 0 spiro atoms. The third-order valence-electron chi connectivity index (χ3n) is 3.01. The molecule has 1 aromatic carbocycles. The lowest BCUT2D eigenvalue weighted by Gasteiger charge is -2.36. The van der Waals surface area contributed by atoms with E-state index < -0.39 is 15.2 Å². The Balaban J connectivity index is 3.33. The first kappa shape index (κ1) is 17.1. The summed E-state index contributed by atoms with van der Waals surface area (Å²) >= 11 is 20.6. The van der Waals surface area contributed by atoms with Gasteiger partial charge in [-0.1, -0.05) is 81.9 Å². The van der Waals surface area contributed by atoms with Gasteiger partial charge in [-0.05, 0) is 17.5 Å². The highest BCUT2D eigenvalue weighted by molar-refractivity contribution is 9.09. The van der Waals surface area contributed by atoms with Crippen LogP contribution >= 0.6 is 50.7 Å². The van der Waals surface area contributed by atoms with E-state index in [0.29, 0.717) is 5.56 Å². The second kappa shape index (κ2) is 6.66. The van der Waals surface area contributed by atoms with Gasteiger partial charge in [-0.3, -0.25) is 0 Å². The SMILES string of the molecule is CCc1cccc(C(CBr)(CC(Cl)(Cl)Cl)C(=O)[O-])c1. The average molecular weight is 388 g/mol. The van der Waals surface area contributed by atoms with Crippen molar-refractivity contribution in [3.63, 3.8) is 0 Å². The zero-order chi connectivity index (χ0) is 14.7. The van der Waals surface area contributed by atoms with Crippen molar-refractivity contribution in [1.82, 2.24) is 0 Å². The van der Waals surface area contributed by atoms with E-state index >= 15 is 0 Å². The number of carboxylic acids is 1. The molecule has 0 aromatic heterocycles. The van der Waals surface area contributed by atoms with Crippen LogP contribution in [-0.4, -0.2) is 15.1 Å². The van der Waals surface area contributed by atoms with Crippen molar-refractivity contribution in [1.29, 1.82) is 0 Å². The number of rotatable bonds is 5. The topological polar surface area (TPSA) is 40.1 Å². The zero-order valence-corrected chi connectivity index (χ0v) is 14.1. The van der Waals surface area contributed by atoms with Crippen LogP contribution in [0.25, 0.3) is 0 Å². The van der Waals surface area contributed by atoms with Crippen LogP contribution in [0.1, 0.15) is 24.5 Å². The fourth-order valence-electron chi connectivity index (χ4n) is 1.90. The summed E-state index contributed by atoms with van der Waals surface area (Å²) in [6.45, 7) is 1.99. The Hall–Kier alpha value is 0.0400. The van der Waals surface area contributed by atoms with Crippen LogP contribution < -0.4 is 5.11 Å². The number of aliphatic carboxylic acids is 1. The predicted octanol–water partition coefficient (Wildman–Crippen LogP) is 3.39. The molecule has 1 aromatic rings. The predicted molar refractivity (Wildman–Crippen MR) is 81.2 cm³/mol. The van der Waals surface area contributed by atoms with Crippen molar-refractivity contribution in [2.75, 3.05) is 5.33 Å². The maximum Gasteiger partial charge on any atom is 0.191 e. The number of carbonyl (C=O) groups is 1. The highest BCUT2D eigenvalue weighted by Crippen LogP contribution is 2.42. The Kier molecular flexibility index (Phi) is 5.99. The first-order valence-corrected chi connectivity index (χ1v) is 7.94. The minimum atomic E-state index is -1.67. The minimum Gasteiger partial charge on any atom is -0.549 e. The molecule has 0 amide bonds. The van der Waals surface area contributed by atoms with Gasteiger partial charge in [0, 0.05) is 17.2 Å². The van der Waals surface area contributed by atoms with Gasteiger partial charge in [-0.15, -0.1) is 0 Å². The fraction of sp³-hybridized carbons (Fsp3) is 0.462. The van der Waals surface area contributed by atoms with Gasteiger partial charge in [0.05, 0.1) is 5.97 Å². The van der Waals surface area contributed by atoms with E-state index in [1.807, 2.05) is 19.1 Å². The van der Waals surface area contributed by atoms with Crippen molar-refractivity contribution in [3.8, 4) is 0 Å². The van der Waals surface area contributed by atoms with Gasteiger partial charge in [0.15, 0.2) is 3.79 Å². The van der Waals surface area contributed by atoms with Crippen LogP contribution in [0.15, 0.2) is 24.3 Å². The molecule has 0 bridgehead atoms. The van der Waals surface area contributed by atoms with Gasteiger partial charge in [-0.25, -0.2) is 0 Å². The van der Waals surface area contributed by atoms with Crippen LogP contribution in [0.2, 0.25) is 0 Å². The van der Waals surface area contributed by atoms with E-state index in [-0.39, 0.29) is 11.8 Å². The standard InChI is InChI=1S/C13H14BrCl3O2/c1-2-9-4-3-5-10(6-9)12(8-14,11(18)19)7-13(15,16)17/h3-6H,2,7-8H2,1H3,(H,18,19)/p-1. The Morgan fingerprint density at radius 2 is 2.00 bits per heavy atom. The van der Waals surface area contributed by atoms with Crippen molar-refractivity contribution in [3.05, 3.63) is 35.4 Å². The molecule has 0 fully saturated rings. The van der Waals surface area contributed by atoms with Crippen LogP contribution in [0.4, 0.5) is 0 Å². The van der Waals surface area contributed by atoms with E-state index in [0.717, 1.165) is 12.0 Å². The lowest BCUT2D eigenvalue weighted by atomic mass is 9.79. The number of carbonyl (C=O) groups excluding carboxylic acids is 1. The van der Waals surface area contributed by atoms with E-state index in [1.54, 1.807) is 12.1 Å². The molecule has 19 heavy (non-hydrogen) atoms. The molecule has 0 heterocycles. The number of alkyl halides is 4. The third kappa shape index (κ3) is 4.25. The number of carboxylic acid groups (broad SMARTS) is 1. The molecular formula is C13H13BrCl3O2-. The molecule has 0 aliphatic carbocycles. The number of benzene rings is 1. The van der Waals surface area contributed by atoms with Crippen LogP contribution in [-0.2, 0) is 16.6 Å². The van der Waals surface area contributed by atoms with Crippen molar-refractivity contribution < 1.29 is 9.90 Å². The highest BCUT2D eigenvalue weighted by atomic mass is 79.9. The number of aryl methyl sites for hydroxylation is 1. The van der Waals surface area contributed by atoms with E-state index in [9.17, 15) is 9.90 Å². The number of hydrogen-bond donors (Lipinski definition) is 0. The molecule has 0 aliphatic rings. The molecular weight excluding hydrogens is 374 g/mol. The Morgan fingerprint density at radius 3 is 2.42 bits per heavy atom. The lowest BCUT2D eigenvalue weighted by Crippen LogP contribution is -2.49. The first-order valence-electron chi connectivity index (χ1n) is 5.69. The Labute approximate surface area is 136 Å². The molecule has 106 valence electrons. The highest BCUT2D eigenvalue weighted by Gasteiger charge is 2.40. The van der Waals surface area contributed by atoms with E-state index in [1.165, 1.54) is 0 Å². The van der Waals surface area contributed by atoms with Gasteiger partial charge in [0.1, 0.15) is 0 Å². The Bertz CT molecular complexity index is 459. The van der Waals surface area contributed by atoms with Crippen LogP contribution in [0.5, 0.6) is 0 Å². The summed E-state index contributed by atoms with van der Waals surface area (Å²) in [6.07, 6.45) is 0.637. The lowest BCUT2D eigenvalue weighted by molar-refractivity contribution is -0.313. The summed E-state index contributed by atoms with van der Waals surface area (Å²) in [5.41, 5.74) is 0.236. The van der Waals surface area contributed by atoms with Gasteiger partial charge < -0.3 is 9.90 Å². The van der Waals surface area contributed by atoms with Crippen molar-refractivity contribution in [2.45, 2.75) is 29.0 Å². The summed E-state index contributed by atoms with van der Waals surface area (Å²) in [6, 6.07) is 7.25. The van der Waals surface area contributed by atoms with Gasteiger partial charge in [0.25, 0.3) is 0 Å². The minimum absolute atomic E-state index is 0.114. The summed E-state index contributed by atoms with van der Waals surface area (Å²) in [4.78, 5) is 11.6. The number of halogens is 4. The molecule has 0 radical (unpaired) electrons. The van der Waals surface area contributed by atoms with Crippen LogP contribution in [0, 0.1) is 0 Å². The largest absolute Gasteiger partial charge is 0.549 e. The molecule has 0 saturated heterocycles. The third-order valence-corrected chi connectivity index (χ3v) is 4.37. The molecule has 1 unspecified atom stereocenters. The van der Waals surface area contributed by atoms with E-state index in [2.05, 4.69) is 15.9 Å². The molecule has 1 atom stereocenters. The first-order chi connectivity index (χ1) is 8.75. The molecule has 6 heteroatoms. The molecule has 0 N–H and O–H groups in total. The molecule has 0 aliphatic heterocycles.